The third kappa shape index (κ3) is 9.24. The van der Waals surface area contributed by atoms with Gasteiger partial charge in [-0.1, -0.05) is 44.9 Å². The lowest BCUT2D eigenvalue weighted by atomic mass is 9.94. The van der Waals surface area contributed by atoms with E-state index in [9.17, 15) is 14.4 Å². The smallest absolute Gasteiger partial charge is 0.408 e. The number of rotatable bonds is 13. The molecule has 0 aromatic heterocycles. The number of hydrogen-bond donors (Lipinski definition) is 2. The Morgan fingerprint density at radius 3 is 2.43 bits per heavy atom. The number of thioether (sulfide) groups is 1. The molecule has 8 heteroatoms. The van der Waals surface area contributed by atoms with Crippen LogP contribution in [0.5, 0.6) is 0 Å². The lowest BCUT2D eigenvalue weighted by Crippen LogP contribution is -2.54. The molecule has 1 aliphatic rings. The third-order valence-electron chi connectivity index (χ3n) is 6.83. The van der Waals surface area contributed by atoms with E-state index in [2.05, 4.69) is 24.5 Å². The highest BCUT2D eigenvalue weighted by molar-refractivity contribution is 7.98. The maximum absolute atomic E-state index is 14.2. The fourth-order valence-corrected chi connectivity index (χ4v) is 4.94. The van der Waals surface area contributed by atoms with Gasteiger partial charge in [0, 0.05) is 12.6 Å². The largest absolute Gasteiger partial charge is 0.444 e. The van der Waals surface area contributed by atoms with Crippen molar-refractivity contribution in [1.82, 2.24) is 15.5 Å². The van der Waals surface area contributed by atoms with E-state index in [1.165, 1.54) is 0 Å². The second-order valence-electron chi connectivity index (χ2n) is 11.2. The van der Waals surface area contributed by atoms with Gasteiger partial charge in [-0.3, -0.25) is 9.59 Å². The number of alkyl carbamates (subject to hydrolysis) is 1. The van der Waals surface area contributed by atoms with Gasteiger partial charge in [0.25, 0.3) is 0 Å². The summed E-state index contributed by atoms with van der Waals surface area (Å²) in [5, 5.41) is 5.92. The zero-order chi connectivity index (χ0) is 27.8. The van der Waals surface area contributed by atoms with Gasteiger partial charge in [0.2, 0.25) is 11.8 Å². The van der Waals surface area contributed by atoms with Crippen LogP contribution in [0.3, 0.4) is 0 Å². The highest BCUT2D eigenvalue weighted by Gasteiger charge is 2.48. The fraction of sp³-hybridized carbons (Fsp3) is 0.690. The molecular formula is C29H47N3O4S. The quantitative estimate of drug-likeness (QED) is 0.325. The van der Waals surface area contributed by atoms with Crippen molar-refractivity contribution >= 4 is 29.7 Å². The van der Waals surface area contributed by atoms with Gasteiger partial charge in [0.05, 0.1) is 0 Å². The van der Waals surface area contributed by atoms with Crippen molar-refractivity contribution in [1.29, 1.82) is 0 Å². The Hall–Kier alpha value is -2.22. The van der Waals surface area contributed by atoms with E-state index in [-0.39, 0.29) is 23.8 Å². The van der Waals surface area contributed by atoms with Crippen LogP contribution in [0.4, 0.5) is 4.79 Å². The molecule has 3 amide bonds. The minimum absolute atomic E-state index is 0.0592. The summed E-state index contributed by atoms with van der Waals surface area (Å²) in [5.74, 6) is 0.576. The Labute approximate surface area is 227 Å². The highest BCUT2D eigenvalue weighted by Crippen LogP contribution is 2.41. The molecule has 37 heavy (non-hydrogen) atoms. The van der Waals surface area contributed by atoms with Crippen molar-refractivity contribution in [3.8, 4) is 0 Å². The number of amides is 3. The SMILES string of the molecule is CCCCCNC(=O)C(c1cccc(C)c1C)N(C(=O)C(CCSC)NC(=O)OC(C)(C)C)C1CC1C. The van der Waals surface area contributed by atoms with Crippen LogP contribution in [0.2, 0.25) is 0 Å². The number of unbranched alkanes of at least 4 members (excludes halogenated alkanes) is 2. The van der Waals surface area contributed by atoms with Gasteiger partial charge in [-0.25, -0.2) is 4.79 Å². The molecule has 2 rings (SSSR count). The molecule has 208 valence electrons. The topological polar surface area (TPSA) is 87.7 Å². The molecule has 0 radical (unpaired) electrons. The fourth-order valence-electron chi connectivity index (χ4n) is 4.47. The van der Waals surface area contributed by atoms with Crippen molar-refractivity contribution < 1.29 is 19.1 Å². The normalized spacial score (nSPS) is 18.5. The maximum atomic E-state index is 14.2. The molecule has 2 N–H and O–H groups in total. The number of aryl methyl sites for hydroxylation is 1. The first-order chi connectivity index (χ1) is 17.4. The van der Waals surface area contributed by atoms with E-state index < -0.39 is 23.8 Å². The van der Waals surface area contributed by atoms with Crippen LogP contribution in [0, 0.1) is 19.8 Å². The first-order valence-corrected chi connectivity index (χ1v) is 14.9. The van der Waals surface area contributed by atoms with Crippen LogP contribution in [-0.2, 0) is 14.3 Å². The highest BCUT2D eigenvalue weighted by atomic mass is 32.2. The summed E-state index contributed by atoms with van der Waals surface area (Å²) in [6.07, 6.45) is 5.63. The van der Waals surface area contributed by atoms with Gasteiger partial charge < -0.3 is 20.3 Å². The van der Waals surface area contributed by atoms with Crippen molar-refractivity contribution in [3.63, 3.8) is 0 Å². The van der Waals surface area contributed by atoms with Gasteiger partial charge in [-0.2, -0.15) is 11.8 Å². The van der Waals surface area contributed by atoms with E-state index in [0.717, 1.165) is 42.4 Å². The van der Waals surface area contributed by atoms with Gasteiger partial charge in [0.15, 0.2) is 0 Å². The molecule has 1 saturated carbocycles. The molecule has 1 aromatic carbocycles. The number of benzene rings is 1. The van der Waals surface area contributed by atoms with Crippen molar-refractivity contribution in [2.45, 2.75) is 104 Å². The van der Waals surface area contributed by atoms with Crippen LogP contribution in [-0.4, -0.2) is 59.0 Å². The lowest BCUT2D eigenvalue weighted by Gasteiger charge is -2.36. The van der Waals surface area contributed by atoms with Gasteiger partial charge >= 0.3 is 6.09 Å². The Morgan fingerprint density at radius 1 is 1.19 bits per heavy atom. The summed E-state index contributed by atoms with van der Waals surface area (Å²) in [4.78, 5) is 42.5. The summed E-state index contributed by atoms with van der Waals surface area (Å²) < 4.78 is 5.47. The molecule has 0 heterocycles. The molecule has 0 aliphatic heterocycles. The number of carbonyl (C=O) groups excluding carboxylic acids is 3. The molecule has 0 saturated heterocycles. The van der Waals surface area contributed by atoms with Crippen LogP contribution < -0.4 is 10.6 Å². The molecule has 1 aliphatic carbocycles. The number of carbonyl (C=O) groups is 3. The third-order valence-corrected chi connectivity index (χ3v) is 7.47. The average molecular weight is 534 g/mol. The number of nitrogens with one attached hydrogen (secondary N) is 2. The van der Waals surface area contributed by atoms with Crippen molar-refractivity contribution in [3.05, 3.63) is 34.9 Å². The minimum atomic E-state index is -0.782. The van der Waals surface area contributed by atoms with Crippen molar-refractivity contribution in [2.75, 3.05) is 18.6 Å². The van der Waals surface area contributed by atoms with Gasteiger partial charge in [0.1, 0.15) is 17.7 Å². The Balaban J connectivity index is 2.47. The summed E-state index contributed by atoms with van der Waals surface area (Å²) in [5.41, 5.74) is 2.23. The Bertz CT molecular complexity index is 930. The van der Waals surface area contributed by atoms with E-state index in [1.807, 2.05) is 38.3 Å². The molecular weight excluding hydrogens is 486 g/mol. The summed E-state index contributed by atoms with van der Waals surface area (Å²) in [6.45, 7) is 14.2. The van der Waals surface area contributed by atoms with Crippen molar-refractivity contribution in [2.24, 2.45) is 5.92 Å². The summed E-state index contributed by atoms with van der Waals surface area (Å²) in [7, 11) is 0. The summed E-state index contributed by atoms with van der Waals surface area (Å²) >= 11 is 1.61. The second-order valence-corrected chi connectivity index (χ2v) is 12.2. The monoisotopic (exact) mass is 533 g/mol. The molecule has 1 aromatic rings. The Kier molecular flexibility index (Phi) is 11.8. The van der Waals surface area contributed by atoms with E-state index >= 15 is 0 Å². The zero-order valence-corrected chi connectivity index (χ0v) is 24.8. The first kappa shape index (κ1) is 31.0. The van der Waals surface area contributed by atoms with E-state index in [0.29, 0.717) is 18.7 Å². The molecule has 4 unspecified atom stereocenters. The standard InChI is InChI=1S/C29H47N3O4S/c1-9-10-11-16-30-26(33)25(22-14-12-13-19(2)21(22)4)32(24-18-20(24)3)27(34)23(15-17-37-8)31-28(35)36-29(5,6)7/h12-14,20,23-25H,9-11,15-18H2,1-8H3,(H,30,33)(H,31,35). The molecule has 7 nitrogen and oxygen atoms in total. The maximum Gasteiger partial charge on any atom is 0.408 e. The van der Waals surface area contributed by atoms with E-state index in [4.69, 9.17) is 4.74 Å². The summed E-state index contributed by atoms with van der Waals surface area (Å²) in [6, 6.07) is 4.31. The predicted molar refractivity (Wildman–Crippen MR) is 152 cm³/mol. The predicted octanol–water partition coefficient (Wildman–Crippen LogP) is 5.53. The van der Waals surface area contributed by atoms with E-state index in [1.54, 1.807) is 37.4 Å². The number of hydrogen-bond acceptors (Lipinski definition) is 5. The molecule has 1 fully saturated rings. The molecule has 4 atom stereocenters. The lowest BCUT2D eigenvalue weighted by molar-refractivity contribution is -0.143. The average Bonchev–Trinajstić information content (AvgIpc) is 3.53. The number of ether oxygens (including phenoxy) is 1. The van der Waals surface area contributed by atoms with Crippen LogP contribution in [0.25, 0.3) is 0 Å². The molecule has 0 bridgehead atoms. The molecule has 0 spiro atoms. The first-order valence-electron chi connectivity index (χ1n) is 13.6. The minimum Gasteiger partial charge on any atom is -0.444 e. The van der Waals surface area contributed by atoms with Gasteiger partial charge in [-0.05, 0) is 88.5 Å². The van der Waals surface area contributed by atoms with Gasteiger partial charge in [-0.15, -0.1) is 0 Å². The Morgan fingerprint density at radius 2 is 1.86 bits per heavy atom. The van der Waals surface area contributed by atoms with Crippen LogP contribution in [0.1, 0.15) is 89.5 Å². The van der Waals surface area contributed by atoms with Crippen LogP contribution in [0.15, 0.2) is 18.2 Å². The second kappa shape index (κ2) is 14.1. The van der Waals surface area contributed by atoms with Crippen LogP contribution >= 0.6 is 11.8 Å². The zero-order valence-electron chi connectivity index (χ0n) is 24.0. The number of nitrogens with zero attached hydrogens (tertiary/aromatic N) is 1.